The van der Waals surface area contributed by atoms with Crippen LogP contribution < -0.4 is 20.1 Å². The van der Waals surface area contributed by atoms with Crippen LogP contribution in [0.4, 0.5) is 10.1 Å². The molecule has 2 saturated heterocycles. The normalized spacial score (nSPS) is 22.0. The fourth-order valence-corrected chi connectivity index (χ4v) is 4.54. The number of benzene rings is 1. The molecule has 2 fully saturated rings. The van der Waals surface area contributed by atoms with Gasteiger partial charge < -0.3 is 14.7 Å². The van der Waals surface area contributed by atoms with E-state index in [1.54, 1.807) is 22.9 Å². The molecule has 148 valence electrons. The third-order valence-electron chi connectivity index (χ3n) is 5.92. The minimum Gasteiger partial charge on any atom is -0.467 e. The molecule has 0 bridgehead atoms. The van der Waals surface area contributed by atoms with Crippen LogP contribution in [0.1, 0.15) is 12.0 Å². The summed E-state index contributed by atoms with van der Waals surface area (Å²) in [7, 11) is 1.79. The number of fused-ring (bicyclic) bond motifs is 1. The van der Waals surface area contributed by atoms with Crippen molar-refractivity contribution in [1.82, 2.24) is 9.58 Å². The van der Waals surface area contributed by atoms with Gasteiger partial charge in [-0.05, 0) is 6.07 Å². The molecule has 1 aromatic carbocycles. The van der Waals surface area contributed by atoms with Gasteiger partial charge in [-0.15, -0.1) is 0 Å². The van der Waals surface area contributed by atoms with Crippen LogP contribution in [-0.4, -0.2) is 66.5 Å². The zero-order valence-electron chi connectivity index (χ0n) is 15.5. The largest absolute Gasteiger partial charge is 0.467 e. The van der Waals surface area contributed by atoms with Crippen LogP contribution in [0.5, 0.6) is 5.75 Å². The van der Waals surface area contributed by atoms with E-state index in [-0.39, 0.29) is 29.5 Å². The first-order valence-corrected chi connectivity index (χ1v) is 9.34. The van der Waals surface area contributed by atoms with Crippen LogP contribution in [-0.2, 0) is 11.4 Å². The van der Waals surface area contributed by atoms with E-state index in [1.165, 1.54) is 6.07 Å². The number of aromatic nitrogens is 1. The molecule has 1 aromatic heterocycles. The minimum atomic E-state index is -0.524. The summed E-state index contributed by atoms with van der Waals surface area (Å²) in [5, 5.41) is 11.4. The SMILES string of the molecule is CN1COc2c(N3CCN4CC(=O)C[C@H]4C3)c(F)cc3c(=O)c(CO)cn1c23. The third kappa shape index (κ3) is 2.43. The Morgan fingerprint density at radius 3 is 2.93 bits per heavy atom. The smallest absolute Gasteiger partial charge is 0.195 e. The summed E-state index contributed by atoms with van der Waals surface area (Å²) in [6.07, 6.45) is 2.06. The van der Waals surface area contributed by atoms with E-state index in [2.05, 4.69) is 4.90 Å². The maximum absolute atomic E-state index is 15.2. The van der Waals surface area contributed by atoms with Crippen LogP contribution in [0.15, 0.2) is 17.1 Å². The quantitative estimate of drug-likeness (QED) is 0.777. The molecule has 4 heterocycles. The van der Waals surface area contributed by atoms with Gasteiger partial charge in [-0.25, -0.2) is 4.39 Å². The minimum absolute atomic E-state index is 0.0776. The second-order valence-corrected chi connectivity index (χ2v) is 7.66. The van der Waals surface area contributed by atoms with Crippen LogP contribution in [0.25, 0.3) is 10.9 Å². The molecular weight excluding hydrogens is 367 g/mol. The van der Waals surface area contributed by atoms with Crippen LogP contribution in [0.2, 0.25) is 0 Å². The number of halogens is 1. The first kappa shape index (κ1) is 17.4. The summed E-state index contributed by atoms with van der Waals surface area (Å²) < 4.78 is 22.8. The van der Waals surface area contributed by atoms with E-state index in [1.807, 2.05) is 4.90 Å². The van der Waals surface area contributed by atoms with Gasteiger partial charge in [0, 0.05) is 50.9 Å². The van der Waals surface area contributed by atoms with Crippen molar-refractivity contribution in [2.45, 2.75) is 19.1 Å². The monoisotopic (exact) mass is 388 g/mol. The van der Waals surface area contributed by atoms with E-state index >= 15 is 4.39 Å². The van der Waals surface area contributed by atoms with Crippen LogP contribution >= 0.6 is 0 Å². The lowest BCUT2D eigenvalue weighted by Gasteiger charge is -2.40. The second-order valence-electron chi connectivity index (χ2n) is 7.66. The Hall–Kier alpha value is -2.65. The molecule has 2 aromatic rings. The highest BCUT2D eigenvalue weighted by atomic mass is 19.1. The number of Topliss-reactive ketones (excluding diaryl/α,β-unsaturated/α-hetero) is 1. The summed E-state index contributed by atoms with van der Waals surface area (Å²) >= 11 is 0. The maximum atomic E-state index is 15.2. The zero-order valence-corrected chi connectivity index (χ0v) is 15.5. The Morgan fingerprint density at radius 2 is 2.14 bits per heavy atom. The summed E-state index contributed by atoms with van der Waals surface area (Å²) in [5.74, 6) is 0.0337. The average Bonchev–Trinajstić information content (AvgIpc) is 3.05. The van der Waals surface area contributed by atoms with Crippen molar-refractivity contribution in [2.75, 3.05) is 49.9 Å². The number of aliphatic hydroxyl groups excluding tert-OH is 1. The average molecular weight is 388 g/mol. The Labute approximate surface area is 160 Å². The summed E-state index contributed by atoms with van der Waals surface area (Å²) in [6, 6.07) is 1.31. The lowest BCUT2D eigenvalue weighted by Crippen LogP contribution is -2.50. The molecule has 9 heteroatoms. The third-order valence-corrected chi connectivity index (χ3v) is 5.92. The number of anilines is 1. The van der Waals surface area contributed by atoms with Crippen molar-refractivity contribution in [3.63, 3.8) is 0 Å². The molecule has 1 atom stereocenters. The molecule has 3 aliphatic heterocycles. The molecule has 0 aliphatic carbocycles. The number of hydrogen-bond acceptors (Lipinski definition) is 7. The van der Waals surface area contributed by atoms with Gasteiger partial charge in [0.1, 0.15) is 17.0 Å². The molecule has 0 spiro atoms. The summed E-state index contributed by atoms with van der Waals surface area (Å²) in [5.41, 5.74) is 0.643. The molecular formula is C19H21FN4O4. The zero-order chi connectivity index (χ0) is 19.6. The van der Waals surface area contributed by atoms with Crippen molar-refractivity contribution in [3.8, 4) is 5.75 Å². The topological polar surface area (TPSA) is 78.2 Å². The van der Waals surface area contributed by atoms with Gasteiger partial charge in [-0.3, -0.25) is 24.2 Å². The predicted molar refractivity (Wildman–Crippen MR) is 101 cm³/mol. The Balaban J connectivity index is 1.68. The lowest BCUT2D eigenvalue weighted by atomic mass is 10.1. The van der Waals surface area contributed by atoms with Gasteiger partial charge in [0.25, 0.3) is 0 Å². The van der Waals surface area contributed by atoms with Crippen molar-refractivity contribution in [1.29, 1.82) is 0 Å². The number of ketones is 1. The maximum Gasteiger partial charge on any atom is 0.195 e. The van der Waals surface area contributed by atoms with Crippen molar-refractivity contribution in [2.24, 2.45) is 0 Å². The molecule has 0 unspecified atom stereocenters. The highest BCUT2D eigenvalue weighted by Crippen LogP contribution is 2.41. The van der Waals surface area contributed by atoms with Gasteiger partial charge in [0.15, 0.2) is 23.7 Å². The second kappa shape index (κ2) is 6.18. The number of piperazine rings is 1. The summed E-state index contributed by atoms with van der Waals surface area (Å²) in [6.45, 7) is 2.05. The fourth-order valence-electron chi connectivity index (χ4n) is 4.54. The number of hydrogen-bond donors (Lipinski definition) is 1. The van der Waals surface area contributed by atoms with E-state index in [0.717, 1.165) is 0 Å². The molecule has 0 amide bonds. The number of pyridine rings is 1. The molecule has 3 aliphatic rings. The van der Waals surface area contributed by atoms with Crippen LogP contribution in [0, 0.1) is 5.82 Å². The molecule has 0 saturated carbocycles. The Morgan fingerprint density at radius 1 is 1.32 bits per heavy atom. The van der Waals surface area contributed by atoms with Crippen molar-refractivity contribution in [3.05, 3.63) is 33.9 Å². The van der Waals surface area contributed by atoms with Crippen LogP contribution in [0.3, 0.4) is 0 Å². The first-order valence-electron chi connectivity index (χ1n) is 9.34. The van der Waals surface area contributed by atoms with Gasteiger partial charge >= 0.3 is 0 Å². The summed E-state index contributed by atoms with van der Waals surface area (Å²) in [4.78, 5) is 28.5. The van der Waals surface area contributed by atoms with Crippen molar-refractivity contribution >= 4 is 22.4 Å². The van der Waals surface area contributed by atoms with E-state index in [9.17, 15) is 14.7 Å². The number of nitrogens with zero attached hydrogens (tertiary/aromatic N) is 4. The highest BCUT2D eigenvalue weighted by molar-refractivity contribution is 5.92. The molecule has 8 nitrogen and oxygen atoms in total. The van der Waals surface area contributed by atoms with E-state index in [4.69, 9.17) is 4.74 Å². The van der Waals surface area contributed by atoms with E-state index < -0.39 is 17.9 Å². The molecule has 28 heavy (non-hydrogen) atoms. The number of rotatable bonds is 2. The molecule has 0 radical (unpaired) electrons. The Bertz CT molecular complexity index is 1050. The Kier molecular flexibility index (Phi) is 3.85. The standard InChI is InChI=1S/C19H21FN4O4/c1-21-10-28-19-16-14(18(27)11(9-25)6-24(16)21)5-15(20)17(19)23-3-2-22-8-13(26)4-12(22)7-23/h5-6,12,25H,2-4,7-10H2,1H3/t12-/m0/s1. The number of aliphatic hydroxyl groups is 1. The number of carbonyl (C=O) groups excluding carboxylic acids is 1. The fraction of sp³-hybridized carbons (Fsp3) is 0.474. The van der Waals surface area contributed by atoms with Crippen molar-refractivity contribution < 1.29 is 19.0 Å². The lowest BCUT2D eigenvalue weighted by molar-refractivity contribution is -0.116. The van der Waals surface area contributed by atoms with E-state index in [0.29, 0.717) is 49.6 Å². The van der Waals surface area contributed by atoms with Gasteiger partial charge in [0.2, 0.25) is 0 Å². The molecule has 5 rings (SSSR count). The molecule has 1 N–H and O–H groups in total. The number of carbonyl (C=O) groups is 1. The van der Waals surface area contributed by atoms with Gasteiger partial charge in [0.05, 0.1) is 18.5 Å². The number of ether oxygens (including phenoxy) is 1. The van der Waals surface area contributed by atoms with Gasteiger partial charge in [-0.2, -0.15) is 0 Å². The van der Waals surface area contributed by atoms with Gasteiger partial charge in [-0.1, -0.05) is 0 Å². The highest BCUT2D eigenvalue weighted by Gasteiger charge is 2.37. The predicted octanol–water partition coefficient (Wildman–Crippen LogP) is 0.0140. The first-order chi connectivity index (χ1) is 13.5.